The van der Waals surface area contributed by atoms with Gasteiger partial charge < -0.3 is 9.94 Å². The van der Waals surface area contributed by atoms with Crippen LogP contribution in [0.4, 0.5) is 14.5 Å². The maximum absolute atomic E-state index is 14.1. The van der Waals surface area contributed by atoms with E-state index in [0.717, 1.165) is 12.1 Å². The van der Waals surface area contributed by atoms with Crippen LogP contribution in [-0.2, 0) is 10.0 Å². The summed E-state index contributed by atoms with van der Waals surface area (Å²) in [5.74, 6) is -1.76. The molecule has 6 nitrogen and oxygen atoms in total. The number of pyridine rings is 1. The fourth-order valence-electron chi connectivity index (χ4n) is 2.67. The van der Waals surface area contributed by atoms with Crippen molar-refractivity contribution < 1.29 is 26.7 Å². The number of hydrogen-bond donors (Lipinski definition) is 1. The molecule has 0 bridgehead atoms. The Morgan fingerprint density at radius 3 is 2.43 bits per heavy atom. The van der Waals surface area contributed by atoms with Gasteiger partial charge in [0.2, 0.25) is 10.0 Å². The lowest BCUT2D eigenvalue weighted by Gasteiger charge is -2.15. The fraction of sp³-hybridized carbons (Fsp3) is 0.150. The van der Waals surface area contributed by atoms with Crippen LogP contribution >= 0.6 is 15.9 Å². The van der Waals surface area contributed by atoms with Gasteiger partial charge in [0.05, 0.1) is 5.75 Å². The van der Waals surface area contributed by atoms with Gasteiger partial charge >= 0.3 is 0 Å². The molecule has 0 unspecified atom stereocenters. The monoisotopic (exact) mass is 498 g/mol. The van der Waals surface area contributed by atoms with Crippen LogP contribution in [0.1, 0.15) is 12.6 Å². The summed E-state index contributed by atoms with van der Waals surface area (Å²) < 4.78 is 60.2. The lowest BCUT2D eigenvalue weighted by atomic mass is 10.0. The Morgan fingerprint density at radius 2 is 1.80 bits per heavy atom. The van der Waals surface area contributed by atoms with Gasteiger partial charge in [-0.25, -0.2) is 17.2 Å². The van der Waals surface area contributed by atoms with Gasteiger partial charge in [0.1, 0.15) is 11.6 Å². The zero-order chi connectivity index (χ0) is 22.1. The van der Waals surface area contributed by atoms with Gasteiger partial charge in [-0.15, -0.1) is 0 Å². The van der Waals surface area contributed by atoms with Crippen molar-refractivity contribution in [1.82, 2.24) is 0 Å². The van der Waals surface area contributed by atoms with Gasteiger partial charge in [0.15, 0.2) is 17.3 Å². The number of nitrogens with one attached hydrogen (secondary N) is 1. The summed E-state index contributed by atoms with van der Waals surface area (Å²) in [5.41, 5.74) is 1.57. The van der Waals surface area contributed by atoms with Crippen molar-refractivity contribution in [3.8, 4) is 22.6 Å². The van der Waals surface area contributed by atoms with E-state index in [1.165, 1.54) is 31.2 Å². The molecule has 0 aliphatic carbocycles. The first-order valence-corrected chi connectivity index (χ1v) is 11.2. The van der Waals surface area contributed by atoms with Crippen LogP contribution in [0, 0.1) is 23.8 Å². The Labute approximate surface area is 180 Å². The Balaban J connectivity index is 2.14. The van der Waals surface area contributed by atoms with Crippen LogP contribution in [0.25, 0.3) is 11.1 Å². The molecule has 0 saturated carbocycles. The zero-order valence-corrected chi connectivity index (χ0v) is 18.4. The molecule has 0 aliphatic heterocycles. The summed E-state index contributed by atoms with van der Waals surface area (Å²) in [4.78, 5) is 0. The van der Waals surface area contributed by atoms with Gasteiger partial charge in [-0.3, -0.25) is 4.72 Å². The lowest BCUT2D eigenvalue weighted by molar-refractivity contribution is -0.623. The first-order chi connectivity index (χ1) is 14.1. The van der Waals surface area contributed by atoms with Gasteiger partial charge in [-0.2, -0.15) is 4.73 Å². The molecule has 0 saturated heterocycles. The van der Waals surface area contributed by atoms with Crippen molar-refractivity contribution in [3.05, 3.63) is 75.7 Å². The second-order valence-corrected chi connectivity index (χ2v) is 9.22. The molecule has 3 aromatic rings. The number of ether oxygens (including phenoxy) is 1. The number of benzene rings is 2. The minimum atomic E-state index is -3.53. The van der Waals surface area contributed by atoms with E-state index in [0.29, 0.717) is 27.6 Å². The van der Waals surface area contributed by atoms with E-state index < -0.39 is 21.7 Å². The van der Waals surface area contributed by atoms with Crippen LogP contribution in [0.2, 0.25) is 0 Å². The van der Waals surface area contributed by atoms with Crippen LogP contribution in [0.5, 0.6) is 11.5 Å². The topological polar surface area (TPSA) is 82.3 Å². The summed E-state index contributed by atoms with van der Waals surface area (Å²) in [6.45, 7) is 3.10. The number of hydrogen-bond acceptors (Lipinski definition) is 4. The van der Waals surface area contributed by atoms with E-state index in [4.69, 9.17) is 4.74 Å². The Kier molecular flexibility index (Phi) is 6.27. The van der Waals surface area contributed by atoms with Crippen LogP contribution in [0.3, 0.4) is 0 Å². The Hall–Kier alpha value is -2.72. The number of nitrogens with zero attached hydrogens (tertiary/aromatic N) is 1. The summed E-state index contributed by atoms with van der Waals surface area (Å²) in [5, 5.41) is 12.0. The maximum Gasteiger partial charge on any atom is 0.259 e. The van der Waals surface area contributed by atoms with Gasteiger partial charge in [-0.1, -0.05) is 0 Å². The largest absolute Gasteiger partial charge is 0.618 e. The van der Waals surface area contributed by atoms with Crippen molar-refractivity contribution >= 4 is 31.6 Å². The molecule has 0 atom stereocenters. The average Bonchev–Trinajstić information content (AvgIpc) is 2.68. The normalized spacial score (nSPS) is 11.4. The number of sulfonamides is 1. The highest BCUT2D eigenvalue weighted by molar-refractivity contribution is 9.10. The molecule has 10 heteroatoms. The summed E-state index contributed by atoms with van der Waals surface area (Å²) >= 11 is 3.18. The molecule has 0 aliphatic rings. The van der Waals surface area contributed by atoms with E-state index in [2.05, 4.69) is 20.7 Å². The summed E-state index contributed by atoms with van der Waals surface area (Å²) in [7, 11) is -3.53. The highest BCUT2D eigenvalue weighted by Gasteiger charge is 2.17. The van der Waals surface area contributed by atoms with E-state index in [1.54, 1.807) is 13.0 Å². The predicted octanol–water partition coefficient (Wildman–Crippen LogP) is 4.89. The van der Waals surface area contributed by atoms with Crippen LogP contribution < -0.4 is 14.2 Å². The minimum Gasteiger partial charge on any atom is -0.618 e. The van der Waals surface area contributed by atoms with E-state index in [-0.39, 0.29) is 27.5 Å². The zero-order valence-electron chi connectivity index (χ0n) is 15.9. The van der Waals surface area contributed by atoms with Crippen LogP contribution in [-0.4, -0.2) is 14.2 Å². The number of rotatable bonds is 6. The van der Waals surface area contributed by atoms with E-state index >= 15 is 0 Å². The van der Waals surface area contributed by atoms with Gasteiger partial charge in [0, 0.05) is 52.3 Å². The smallest absolute Gasteiger partial charge is 0.259 e. The molecular formula is C20H17BrF2N2O4S. The predicted molar refractivity (Wildman–Crippen MR) is 113 cm³/mol. The number of aromatic nitrogens is 1. The molecule has 1 aromatic heterocycles. The molecule has 0 spiro atoms. The molecule has 158 valence electrons. The van der Waals surface area contributed by atoms with Crippen molar-refractivity contribution in [1.29, 1.82) is 0 Å². The fourth-order valence-corrected chi connectivity index (χ4v) is 3.83. The average molecular weight is 499 g/mol. The molecule has 2 aromatic carbocycles. The Morgan fingerprint density at radius 1 is 1.10 bits per heavy atom. The second kappa shape index (κ2) is 8.57. The van der Waals surface area contributed by atoms with Gasteiger partial charge in [-0.05, 0) is 42.8 Å². The number of aryl methyl sites for hydroxylation is 1. The second-order valence-electron chi connectivity index (χ2n) is 6.40. The molecule has 0 radical (unpaired) electrons. The molecule has 1 N–H and O–H groups in total. The van der Waals surface area contributed by atoms with Crippen molar-refractivity contribution in [3.63, 3.8) is 0 Å². The first-order valence-electron chi connectivity index (χ1n) is 8.77. The number of anilines is 1. The number of halogens is 3. The van der Waals surface area contributed by atoms with Crippen LogP contribution in [0.15, 0.2) is 53.1 Å². The van der Waals surface area contributed by atoms with Crippen molar-refractivity contribution in [2.45, 2.75) is 13.8 Å². The quantitative estimate of drug-likeness (QED) is 0.298. The van der Waals surface area contributed by atoms with Gasteiger partial charge in [0.25, 0.3) is 4.60 Å². The standard InChI is InChI=1S/C20H17BrF2N2O4S/c1-3-30(27,28)24-15-5-7-18(29-19-6-4-14(22)10-17(19)23)16(11-15)13-8-12(2)25(26)20(21)9-13/h4-11,24H,3H2,1-2H3. The van der Waals surface area contributed by atoms with E-state index in [1.807, 2.05) is 0 Å². The molecule has 1 heterocycles. The summed E-state index contributed by atoms with van der Waals surface area (Å²) in [6, 6.07) is 10.5. The molecule has 0 fully saturated rings. The molecular weight excluding hydrogens is 482 g/mol. The first kappa shape index (κ1) is 22.0. The molecule has 3 rings (SSSR count). The highest BCUT2D eigenvalue weighted by atomic mass is 79.9. The van der Waals surface area contributed by atoms with Crippen molar-refractivity contribution in [2.75, 3.05) is 10.5 Å². The third-order valence-corrected chi connectivity index (χ3v) is 6.07. The highest BCUT2D eigenvalue weighted by Crippen LogP contribution is 2.37. The summed E-state index contributed by atoms with van der Waals surface area (Å²) in [6.07, 6.45) is 0. The maximum atomic E-state index is 14.1. The SMILES string of the molecule is CCS(=O)(=O)Nc1ccc(Oc2ccc(F)cc2F)c(-c2cc(C)[n+]([O-])c(Br)c2)c1. The minimum absolute atomic E-state index is 0.118. The third kappa shape index (κ3) is 4.88. The lowest BCUT2D eigenvalue weighted by Crippen LogP contribution is -2.31. The molecule has 0 amide bonds. The Bertz CT molecular complexity index is 1200. The van der Waals surface area contributed by atoms with E-state index in [9.17, 15) is 22.4 Å². The third-order valence-electron chi connectivity index (χ3n) is 4.21. The molecule has 30 heavy (non-hydrogen) atoms. The van der Waals surface area contributed by atoms with Crippen molar-refractivity contribution in [2.24, 2.45) is 0 Å².